The van der Waals surface area contributed by atoms with Gasteiger partial charge in [0.05, 0.1) is 11.0 Å². The molecule has 2 aromatic carbocycles. The van der Waals surface area contributed by atoms with Crippen LogP contribution in [0.3, 0.4) is 0 Å². The fourth-order valence-electron chi connectivity index (χ4n) is 2.18. The molecule has 0 saturated heterocycles. The molecule has 21 heavy (non-hydrogen) atoms. The van der Waals surface area contributed by atoms with Gasteiger partial charge in [-0.25, -0.2) is 0 Å². The van der Waals surface area contributed by atoms with Gasteiger partial charge in [0.2, 0.25) is 0 Å². The van der Waals surface area contributed by atoms with Crippen molar-refractivity contribution in [1.29, 1.82) is 0 Å². The molecule has 6 heteroatoms. The molecule has 0 saturated carbocycles. The number of hydrogen-bond acceptors (Lipinski definition) is 5. The lowest BCUT2D eigenvalue weighted by Crippen LogP contribution is -2.08. The maximum Gasteiger partial charge on any atom is 0.274 e. The molecule has 0 bridgehead atoms. The molecule has 0 aromatic heterocycles. The Balaban J connectivity index is 2.32. The zero-order valence-corrected chi connectivity index (χ0v) is 11.7. The smallest absolute Gasteiger partial charge is 0.274 e. The van der Waals surface area contributed by atoms with Crippen molar-refractivity contribution in [3.63, 3.8) is 0 Å². The first-order valence-corrected chi connectivity index (χ1v) is 6.42. The number of nitrogens with one attached hydrogen (secondary N) is 1. The SMILES string of the molecule is Cc1c(NC(C)c2cc(O)ccc2O)cccc1[N+](=O)[O-]. The number of rotatable bonds is 4. The second-order valence-corrected chi connectivity index (χ2v) is 4.82. The molecule has 1 atom stereocenters. The van der Waals surface area contributed by atoms with Crippen LogP contribution >= 0.6 is 0 Å². The van der Waals surface area contributed by atoms with Crippen molar-refractivity contribution in [2.75, 3.05) is 5.32 Å². The Morgan fingerprint density at radius 3 is 2.62 bits per heavy atom. The van der Waals surface area contributed by atoms with Crippen LogP contribution in [-0.4, -0.2) is 15.1 Å². The van der Waals surface area contributed by atoms with Crippen molar-refractivity contribution in [1.82, 2.24) is 0 Å². The predicted molar refractivity (Wildman–Crippen MR) is 79.6 cm³/mol. The fraction of sp³-hybridized carbons (Fsp3) is 0.200. The zero-order valence-electron chi connectivity index (χ0n) is 11.7. The highest BCUT2D eigenvalue weighted by Crippen LogP contribution is 2.32. The highest BCUT2D eigenvalue weighted by molar-refractivity contribution is 5.61. The van der Waals surface area contributed by atoms with Gasteiger partial charge in [0.25, 0.3) is 5.69 Å². The molecule has 1 unspecified atom stereocenters. The Morgan fingerprint density at radius 2 is 1.95 bits per heavy atom. The minimum Gasteiger partial charge on any atom is -0.508 e. The standard InChI is InChI=1S/C15H16N2O4/c1-9-13(4-3-5-14(9)17(20)21)16-10(2)12-8-11(18)6-7-15(12)19/h3-8,10,16,18-19H,1-2H3. The van der Waals surface area contributed by atoms with E-state index >= 15 is 0 Å². The van der Waals surface area contributed by atoms with Crippen LogP contribution in [0.2, 0.25) is 0 Å². The molecular weight excluding hydrogens is 272 g/mol. The third kappa shape index (κ3) is 3.05. The van der Waals surface area contributed by atoms with Crippen LogP contribution in [0, 0.1) is 17.0 Å². The van der Waals surface area contributed by atoms with Crippen LogP contribution in [0.5, 0.6) is 11.5 Å². The van der Waals surface area contributed by atoms with E-state index in [1.807, 2.05) is 0 Å². The predicted octanol–water partition coefficient (Wildman–Crippen LogP) is 3.49. The second kappa shape index (κ2) is 5.70. The van der Waals surface area contributed by atoms with Gasteiger partial charge >= 0.3 is 0 Å². The summed E-state index contributed by atoms with van der Waals surface area (Å²) in [7, 11) is 0. The van der Waals surface area contributed by atoms with Gasteiger partial charge in [-0.3, -0.25) is 10.1 Å². The van der Waals surface area contributed by atoms with Crippen molar-refractivity contribution in [3.8, 4) is 11.5 Å². The normalized spacial score (nSPS) is 11.9. The Morgan fingerprint density at radius 1 is 1.24 bits per heavy atom. The summed E-state index contributed by atoms with van der Waals surface area (Å²) in [5.41, 5.74) is 1.68. The first-order valence-electron chi connectivity index (χ1n) is 6.42. The van der Waals surface area contributed by atoms with Crippen molar-refractivity contribution in [2.24, 2.45) is 0 Å². The number of aromatic hydroxyl groups is 2. The lowest BCUT2D eigenvalue weighted by atomic mass is 10.1. The van der Waals surface area contributed by atoms with Crippen molar-refractivity contribution < 1.29 is 15.1 Å². The topological polar surface area (TPSA) is 95.6 Å². The molecule has 0 aliphatic carbocycles. The van der Waals surface area contributed by atoms with E-state index in [1.54, 1.807) is 26.0 Å². The van der Waals surface area contributed by atoms with Crippen LogP contribution in [0.1, 0.15) is 24.1 Å². The van der Waals surface area contributed by atoms with Gasteiger partial charge in [-0.1, -0.05) is 6.07 Å². The van der Waals surface area contributed by atoms with Gasteiger partial charge in [0.1, 0.15) is 11.5 Å². The second-order valence-electron chi connectivity index (χ2n) is 4.82. The first kappa shape index (κ1) is 14.6. The minimum atomic E-state index is -0.434. The monoisotopic (exact) mass is 288 g/mol. The number of benzene rings is 2. The molecule has 0 radical (unpaired) electrons. The zero-order chi connectivity index (χ0) is 15.6. The molecule has 0 amide bonds. The molecule has 2 rings (SSSR count). The van der Waals surface area contributed by atoms with Crippen LogP contribution < -0.4 is 5.32 Å². The van der Waals surface area contributed by atoms with Crippen LogP contribution in [0.4, 0.5) is 11.4 Å². The van der Waals surface area contributed by atoms with E-state index in [4.69, 9.17) is 0 Å². The van der Waals surface area contributed by atoms with Crippen molar-refractivity contribution >= 4 is 11.4 Å². The molecule has 0 aliphatic heterocycles. The summed E-state index contributed by atoms with van der Waals surface area (Å²) in [5.74, 6) is 0.100. The number of phenolic OH excluding ortho intramolecular Hbond substituents is 2. The number of anilines is 1. The molecule has 0 spiro atoms. The van der Waals surface area contributed by atoms with E-state index in [0.29, 0.717) is 16.8 Å². The molecule has 3 N–H and O–H groups in total. The molecule has 2 aromatic rings. The summed E-state index contributed by atoms with van der Waals surface area (Å²) < 4.78 is 0. The Bertz CT molecular complexity index is 685. The minimum absolute atomic E-state index is 0.0346. The molecule has 0 fully saturated rings. The van der Waals surface area contributed by atoms with E-state index < -0.39 is 4.92 Å². The van der Waals surface area contributed by atoms with Gasteiger partial charge < -0.3 is 15.5 Å². The summed E-state index contributed by atoms with van der Waals surface area (Å²) in [6, 6.07) is 8.71. The van der Waals surface area contributed by atoms with Gasteiger partial charge in [0.15, 0.2) is 0 Å². The molecular formula is C15H16N2O4. The number of hydrogen-bond donors (Lipinski definition) is 3. The van der Waals surface area contributed by atoms with Gasteiger partial charge in [-0.15, -0.1) is 0 Å². The maximum atomic E-state index is 10.9. The fourth-order valence-corrected chi connectivity index (χ4v) is 2.18. The van der Waals surface area contributed by atoms with E-state index in [2.05, 4.69) is 5.32 Å². The quantitative estimate of drug-likeness (QED) is 0.454. The highest BCUT2D eigenvalue weighted by atomic mass is 16.6. The molecule has 0 heterocycles. The largest absolute Gasteiger partial charge is 0.508 e. The number of phenols is 2. The van der Waals surface area contributed by atoms with Crippen molar-refractivity contribution in [3.05, 3.63) is 57.6 Å². The molecule has 0 aliphatic rings. The molecule has 6 nitrogen and oxygen atoms in total. The summed E-state index contributed by atoms with van der Waals surface area (Å²) in [6.45, 7) is 3.46. The average Bonchev–Trinajstić information content (AvgIpc) is 2.43. The van der Waals surface area contributed by atoms with Crippen LogP contribution in [-0.2, 0) is 0 Å². The van der Waals surface area contributed by atoms with E-state index in [-0.39, 0.29) is 23.2 Å². The lowest BCUT2D eigenvalue weighted by Gasteiger charge is -2.18. The maximum absolute atomic E-state index is 10.9. The van der Waals surface area contributed by atoms with E-state index in [1.165, 1.54) is 24.3 Å². The highest BCUT2D eigenvalue weighted by Gasteiger charge is 2.16. The number of nitro benzene ring substituents is 1. The van der Waals surface area contributed by atoms with Gasteiger partial charge in [-0.2, -0.15) is 0 Å². The summed E-state index contributed by atoms with van der Waals surface area (Å²) >= 11 is 0. The van der Waals surface area contributed by atoms with Gasteiger partial charge in [-0.05, 0) is 38.1 Å². The third-order valence-corrected chi connectivity index (χ3v) is 3.35. The van der Waals surface area contributed by atoms with Crippen LogP contribution in [0.25, 0.3) is 0 Å². The van der Waals surface area contributed by atoms with E-state index in [9.17, 15) is 20.3 Å². The van der Waals surface area contributed by atoms with E-state index in [0.717, 1.165) is 0 Å². The third-order valence-electron chi connectivity index (χ3n) is 3.35. The van der Waals surface area contributed by atoms with Crippen molar-refractivity contribution in [2.45, 2.75) is 19.9 Å². The lowest BCUT2D eigenvalue weighted by molar-refractivity contribution is -0.385. The Kier molecular flexibility index (Phi) is 3.98. The average molecular weight is 288 g/mol. The summed E-state index contributed by atoms with van der Waals surface area (Å²) in [6.07, 6.45) is 0. The molecule has 110 valence electrons. The Hall–Kier alpha value is -2.76. The number of nitro groups is 1. The summed E-state index contributed by atoms with van der Waals surface area (Å²) in [4.78, 5) is 10.5. The number of nitrogens with zero attached hydrogens (tertiary/aromatic N) is 1. The first-order chi connectivity index (χ1) is 9.90. The Labute approximate surface area is 121 Å². The van der Waals surface area contributed by atoms with Crippen LogP contribution in [0.15, 0.2) is 36.4 Å². The van der Waals surface area contributed by atoms with Gasteiger partial charge in [0, 0.05) is 22.9 Å². The summed E-state index contributed by atoms with van der Waals surface area (Å²) in [5, 5.41) is 33.4.